The molecule has 23 heavy (non-hydrogen) atoms. The summed E-state index contributed by atoms with van der Waals surface area (Å²) in [5.74, 6) is -1.17. The molecular weight excluding hydrogens is 296 g/mol. The average molecular weight is 316 g/mol. The Kier molecular flexibility index (Phi) is 4.34. The minimum Gasteiger partial charge on any atom is -0.479 e. The molecule has 0 bridgehead atoms. The number of carbonyl (C=O) groups is 2. The van der Waals surface area contributed by atoms with Crippen molar-refractivity contribution in [2.75, 3.05) is 19.7 Å². The van der Waals surface area contributed by atoms with E-state index in [-0.39, 0.29) is 19.1 Å². The fourth-order valence-electron chi connectivity index (χ4n) is 3.00. The van der Waals surface area contributed by atoms with Crippen LogP contribution in [0.4, 0.5) is 0 Å². The number of amides is 1. The average Bonchev–Trinajstić information content (AvgIpc) is 2.93. The zero-order valence-corrected chi connectivity index (χ0v) is 13.1. The number of fused-ring (bicyclic) bond motifs is 1. The molecule has 122 valence electrons. The minimum absolute atomic E-state index is 0.0851. The third-order valence-electron chi connectivity index (χ3n) is 4.11. The third-order valence-corrected chi connectivity index (χ3v) is 4.11. The van der Waals surface area contributed by atoms with Gasteiger partial charge in [0.25, 0.3) is 5.91 Å². The van der Waals surface area contributed by atoms with Crippen LogP contribution in [0.25, 0.3) is 10.9 Å². The Balaban J connectivity index is 1.94. The highest BCUT2D eigenvalue weighted by molar-refractivity contribution is 5.99. The van der Waals surface area contributed by atoms with E-state index in [0.717, 1.165) is 23.9 Å². The highest BCUT2D eigenvalue weighted by atomic mass is 16.5. The van der Waals surface area contributed by atoms with Crippen LogP contribution in [0.1, 0.15) is 23.8 Å². The number of morpholine rings is 1. The molecule has 1 aromatic heterocycles. The number of ether oxygens (including phenoxy) is 1. The maximum Gasteiger partial charge on any atom is 0.334 e. The summed E-state index contributed by atoms with van der Waals surface area (Å²) >= 11 is 0. The van der Waals surface area contributed by atoms with Crippen LogP contribution in [-0.4, -0.2) is 52.3 Å². The normalized spacial score (nSPS) is 18.3. The number of carboxylic acids is 1. The van der Waals surface area contributed by atoms with Gasteiger partial charge in [-0.15, -0.1) is 0 Å². The molecule has 6 heteroatoms. The van der Waals surface area contributed by atoms with Gasteiger partial charge >= 0.3 is 5.97 Å². The van der Waals surface area contributed by atoms with Gasteiger partial charge in [0.05, 0.1) is 13.2 Å². The van der Waals surface area contributed by atoms with Crippen LogP contribution in [0.3, 0.4) is 0 Å². The quantitative estimate of drug-likeness (QED) is 0.936. The van der Waals surface area contributed by atoms with Crippen LogP contribution < -0.4 is 0 Å². The molecule has 6 nitrogen and oxygen atoms in total. The SMILES string of the molecule is CCCn1c(C(=O)N2CCOC(C(=O)O)C2)cc2ccccc21. The van der Waals surface area contributed by atoms with Crippen LogP contribution >= 0.6 is 0 Å². The van der Waals surface area contributed by atoms with Crippen LogP contribution in [0.5, 0.6) is 0 Å². The number of hydrogen-bond acceptors (Lipinski definition) is 3. The smallest absolute Gasteiger partial charge is 0.334 e. The van der Waals surface area contributed by atoms with Gasteiger partial charge in [-0.1, -0.05) is 25.1 Å². The molecule has 2 heterocycles. The second kappa shape index (κ2) is 6.42. The molecule has 0 aliphatic carbocycles. The number of carbonyl (C=O) groups excluding carboxylic acids is 1. The minimum atomic E-state index is -1.03. The molecule has 0 saturated carbocycles. The number of aromatic nitrogens is 1. The number of nitrogens with zero attached hydrogens (tertiary/aromatic N) is 2. The lowest BCUT2D eigenvalue weighted by atomic mass is 10.2. The molecule has 0 radical (unpaired) electrons. The van der Waals surface area contributed by atoms with Crippen molar-refractivity contribution in [2.45, 2.75) is 26.0 Å². The van der Waals surface area contributed by atoms with E-state index in [9.17, 15) is 9.59 Å². The number of hydrogen-bond donors (Lipinski definition) is 1. The second-order valence-corrected chi connectivity index (χ2v) is 5.69. The first-order chi connectivity index (χ1) is 11.1. The molecule has 1 aliphatic rings. The molecule has 1 atom stereocenters. The maximum atomic E-state index is 12.9. The van der Waals surface area contributed by atoms with E-state index < -0.39 is 12.1 Å². The van der Waals surface area contributed by atoms with E-state index in [4.69, 9.17) is 9.84 Å². The highest BCUT2D eigenvalue weighted by Gasteiger charge is 2.30. The Morgan fingerprint density at radius 3 is 2.87 bits per heavy atom. The van der Waals surface area contributed by atoms with Crippen LogP contribution in [0, 0.1) is 0 Å². The summed E-state index contributed by atoms with van der Waals surface area (Å²) < 4.78 is 7.21. The van der Waals surface area contributed by atoms with Crippen molar-refractivity contribution in [1.82, 2.24) is 9.47 Å². The lowest BCUT2D eigenvalue weighted by Gasteiger charge is -2.31. The summed E-state index contributed by atoms with van der Waals surface area (Å²) in [6.07, 6.45) is -0.0310. The summed E-state index contributed by atoms with van der Waals surface area (Å²) in [6.45, 7) is 3.56. The molecule has 2 aromatic rings. The van der Waals surface area contributed by atoms with Crippen molar-refractivity contribution in [2.24, 2.45) is 0 Å². The Bertz CT molecular complexity index is 737. The van der Waals surface area contributed by atoms with Crippen molar-refractivity contribution in [3.63, 3.8) is 0 Å². The van der Waals surface area contributed by atoms with Gasteiger partial charge < -0.3 is 19.3 Å². The van der Waals surface area contributed by atoms with Crippen molar-refractivity contribution in [1.29, 1.82) is 0 Å². The summed E-state index contributed by atoms with van der Waals surface area (Å²) in [5.41, 5.74) is 1.64. The van der Waals surface area contributed by atoms with Gasteiger partial charge in [-0.05, 0) is 18.6 Å². The summed E-state index contributed by atoms with van der Waals surface area (Å²) in [6, 6.07) is 9.78. The number of benzene rings is 1. The monoisotopic (exact) mass is 316 g/mol. The second-order valence-electron chi connectivity index (χ2n) is 5.69. The Labute approximate surface area is 134 Å². The van der Waals surface area contributed by atoms with E-state index in [0.29, 0.717) is 12.2 Å². The van der Waals surface area contributed by atoms with Gasteiger partial charge in [0.1, 0.15) is 5.69 Å². The molecule has 1 aliphatic heterocycles. The van der Waals surface area contributed by atoms with Gasteiger partial charge in [0.2, 0.25) is 0 Å². The summed E-state index contributed by atoms with van der Waals surface area (Å²) in [4.78, 5) is 25.6. The third kappa shape index (κ3) is 2.94. The number of rotatable bonds is 4. The molecule has 0 spiro atoms. The van der Waals surface area contributed by atoms with Gasteiger partial charge in [0.15, 0.2) is 6.10 Å². The van der Waals surface area contributed by atoms with E-state index in [1.54, 1.807) is 4.90 Å². The molecule has 1 amide bonds. The molecule has 1 aromatic carbocycles. The topological polar surface area (TPSA) is 71.8 Å². The Morgan fingerprint density at radius 1 is 1.35 bits per heavy atom. The highest BCUT2D eigenvalue weighted by Crippen LogP contribution is 2.22. The van der Waals surface area contributed by atoms with E-state index in [1.807, 2.05) is 34.9 Å². The first kappa shape index (κ1) is 15.6. The molecule has 1 saturated heterocycles. The van der Waals surface area contributed by atoms with E-state index in [2.05, 4.69) is 6.92 Å². The van der Waals surface area contributed by atoms with Crippen molar-refractivity contribution >= 4 is 22.8 Å². The largest absolute Gasteiger partial charge is 0.479 e. The van der Waals surface area contributed by atoms with Gasteiger partial charge in [-0.2, -0.15) is 0 Å². The van der Waals surface area contributed by atoms with E-state index >= 15 is 0 Å². The first-order valence-electron chi connectivity index (χ1n) is 7.83. The van der Waals surface area contributed by atoms with Crippen molar-refractivity contribution in [3.05, 3.63) is 36.0 Å². The summed E-state index contributed by atoms with van der Waals surface area (Å²) in [5, 5.41) is 10.1. The standard InChI is InChI=1S/C17H20N2O4/c1-2-7-19-13-6-4-3-5-12(13)10-14(19)16(20)18-8-9-23-15(11-18)17(21)22/h3-6,10,15H,2,7-9,11H2,1H3,(H,21,22). The zero-order valence-electron chi connectivity index (χ0n) is 13.1. The van der Waals surface area contributed by atoms with Crippen LogP contribution in [0.2, 0.25) is 0 Å². The van der Waals surface area contributed by atoms with Gasteiger partial charge in [-0.25, -0.2) is 4.79 Å². The van der Waals surface area contributed by atoms with E-state index in [1.165, 1.54) is 0 Å². The molecule has 1 fully saturated rings. The van der Waals surface area contributed by atoms with Crippen LogP contribution in [0.15, 0.2) is 30.3 Å². The maximum absolute atomic E-state index is 12.9. The molecule has 1 unspecified atom stereocenters. The number of aryl methyl sites for hydroxylation is 1. The number of para-hydroxylation sites is 1. The molecule has 1 N–H and O–H groups in total. The predicted octanol–water partition coefficient (Wildman–Crippen LogP) is 1.98. The lowest BCUT2D eigenvalue weighted by Crippen LogP contribution is -2.48. The fourth-order valence-corrected chi connectivity index (χ4v) is 3.00. The van der Waals surface area contributed by atoms with Gasteiger partial charge in [-0.3, -0.25) is 4.79 Å². The molecular formula is C17H20N2O4. The number of aliphatic carboxylic acids is 1. The van der Waals surface area contributed by atoms with Gasteiger partial charge in [0, 0.05) is 24.0 Å². The number of carboxylic acid groups (broad SMARTS) is 1. The fraction of sp³-hybridized carbons (Fsp3) is 0.412. The van der Waals surface area contributed by atoms with Crippen molar-refractivity contribution < 1.29 is 19.4 Å². The summed E-state index contributed by atoms with van der Waals surface area (Å²) in [7, 11) is 0. The van der Waals surface area contributed by atoms with Crippen LogP contribution in [-0.2, 0) is 16.1 Å². The Hall–Kier alpha value is -2.34. The Morgan fingerprint density at radius 2 is 2.13 bits per heavy atom. The predicted molar refractivity (Wildman–Crippen MR) is 85.5 cm³/mol. The lowest BCUT2D eigenvalue weighted by molar-refractivity contribution is -0.154. The zero-order chi connectivity index (χ0) is 16.4. The molecule has 3 rings (SSSR count). The first-order valence-corrected chi connectivity index (χ1v) is 7.83. The van der Waals surface area contributed by atoms with Crippen molar-refractivity contribution in [3.8, 4) is 0 Å².